The number of fused-ring (bicyclic) bond motifs is 3. The summed E-state index contributed by atoms with van der Waals surface area (Å²) < 4.78 is 23.8. The van der Waals surface area contributed by atoms with E-state index in [2.05, 4.69) is 13.8 Å². The fraction of sp³-hybridized carbons (Fsp3) is 0.952. The Hall–Kier alpha value is -0.710. The van der Waals surface area contributed by atoms with Gasteiger partial charge in [-0.2, -0.15) is 9.59 Å². The summed E-state index contributed by atoms with van der Waals surface area (Å²) in [6.45, 7) is 4.95. The highest BCUT2D eigenvalue weighted by molar-refractivity contribution is 7.90. The highest BCUT2D eigenvalue weighted by Gasteiger charge is 2.66. The van der Waals surface area contributed by atoms with Crippen LogP contribution in [0.2, 0.25) is 0 Å². The summed E-state index contributed by atoms with van der Waals surface area (Å²) in [7, 11) is -3.03. The molecule has 5 aliphatic carbocycles. The van der Waals surface area contributed by atoms with E-state index in [0.717, 1.165) is 37.5 Å². The maximum absolute atomic E-state index is 11.9. The summed E-state index contributed by atoms with van der Waals surface area (Å²) in [6, 6.07) is 0. The molecule has 2 bridgehead atoms. The number of aliphatic hydroxyl groups is 1. The van der Waals surface area contributed by atoms with Crippen molar-refractivity contribution < 1.29 is 23.1 Å². The fourth-order valence-corrected chi connectivity index (χ4v) is 9.13. The summed E-state index contributed by atoms with van der Waals surface area (Å²) >= 11 is 0. The average Bonchev–Trinajstić information content (AvgIpc) is 2.57. The van der Waals surface area contributed by atoms with E-state index in [4.69, 9.17) is 9.59 Å². The first kappa shape index (κ1) is 21.0. The van der Waals surface area contributed by atoms with E-state index in [1.165, 1.54) is 31.9 Å². The van der Waals surface area contributed by atoms with Crippen molar-refractivity contribution in [2.75, 3.05) is 12.0 Å². The first-order valence-corrected chi connectivity index (χ1v) is 12.5. The Morgan fingerprint density at radius 1 is 1.11 bits per heavy atom. The zero-order valence-corrected chi connectivity index (χ0v) is 17.6. The topological polar surface area (TPSA) is 88.5 Å². The van der Waals surface area contributed by atoms with Gasteiger partial charge < -0.3 is 5.11 Å². The third-order valence-electron chi connectivity index (χ3n) is 8.93. The normalized spacial score (nSPS) is 48.4. The molecule has 8 atom stereocenters. The second-order valence-corrected chi connectivity index (χ2v) is 12.3. The van der Waals surface area contributed by atoms with E-state index in [0.29, 0.717) is 17.3 Å². The molecule has 0 aliphatic heterocycles. The molecule has 0 aromatic heterocycles. The summed E-state index contributed by atoms with van der Waals surface area (Å²) in [5, 5.41) is 11.3. The average molecular weight is 399 g/mol. The number of aliphatic hydroxyl groups excluding tert-OH is 1. The van der Waals surface area contributed by atoms with Crippen LogP contribution in [0.25, 0.3) is 0 Å². The Morgan fingerprint density at radius 2 is 1.74 bits per heavy atom. The SMILES string of the molecule is C[C@H]1CCC[C@]2(C)[C@@H]1CC[C@@]13CC[C@@H](C[C@@H]21)[C@H](CS(C)(=O)=O)[C@H]3O.O=C=O. The Morgan fingerprint density at radius 3 is 2.37 bits per heavy atom. The van der Waals surface area contributed by atoms with Crippen LogP contribution in [0.1, 0.15) is 65.2 Å². The molecule has 5 aliphatic rings. The van der Waals surface area contributed by atoms with Crippen molar-refractivity contribution in [1.82, 2.24) is 0 Å². The Balaban J connectivity index is 0.000000659. The molecule has 27 heavy (non-hydrogen) atoms. The van der Waals surface area contributed by atoms with Gasteiger partial charge in [0, 0.05) is 12.2 Å². The molecule has 0 unspecified atom stereocenters. The van der Waals surface area contributed by atoms with Crippen molar-refractivity contribution in [1.29, 1.82) is 0 Å². The van der Waals surface area contributed by atoms with Crippen LogP contribution < -0.4 is 0 Å². The minimum absolute atomic E-state index is 0.00637. The van der Waals surface area contributed by atoms with Gasteiger partial charge in [-0.1, -0.05) is 26.7 Å². The lowest BCUT2D eigenvalue weighted by Gasteiger charge is -2.69. The number of sulfone groups is 1. The predicted octanol–water partition coefficient (Wildman–Crippen LogP) is 3.08. The van der Waals surface area contributed by atoms with Crippen LogP contribution in [0.5, 0.6) is 0 Å². The van der Waals surface area contributed by atoms with E-state index >= 15 is 0 Å². The van der Waals surface area contributed by atoms with Crippen LogP contribution in [-0.2, 0) is 19.4 Å². The van der Waals surface area contributed by atoms with Crippen molar-refractivity contribution in [3.05, 3.63) is 0 Å². The van der Waals surface area contributed by atoms with E-state index in [1.807, 2.05) is 0 Å². The summed E-state index contributed by atoms with van der Waals surface area (Å²) in [5.41, 5.74) is 0.373. The fourth-order valence-electron chi connectivity index (χ4n) is 7.97. The third kappa shape index (κ3) is 3.42. The minimum Gasteiger partial charge on any atom is -0.392 e. The van der Waals surface area contributed by atoms with Gasteiger partial charge in [0.25, 0.3) is 0 Å². The third-order valence-corrected chi connectivity index (χ3v) is 9.92. The molecule has 5 saturated carbocycles. The molecule has 0 radical (unpaired) electrons. The van der Waals surface area contributed by atoms with Gasteiger partial charge in [-0.05, 0) is 73.0 Å². The molecule has 0 amide bonds. The lowest BCUT2D eigenvalue weighted by molar-refractivity contribution is -0.230. The molecular weight excluding hydrogens is 364 g/mol. The molecule has 1 spiro atoms. The first-order valence-electron chi connectivity index (χ1n) is 10.4. The molecule has 0 aromatic rings. The molecule has 6 heteroatoms. The van der Waals surface area contributed by atoms with Crippen LogP contribution in [0, 0.1) is 40.4 Å². The first-order chi connectivity index (χ1) is 12.6. The molecular formula is C21H34O5S. The van der Waals surface area contributed by atoms with Gasteiger partial charge in [0.2, 0.25) is 0 Å². The van der Waals surface area contributed by atoms with Crippen molar-refractivity contribution in [3.8, 4) is 0 Å². The van der Waals surface area contributed by atoms with Crippen molar-refractivity contribution >= 4 is 16.0 Å². The standard InChI is InChI=1S/C20H34O3S.CO2/c1-13-5-4-8-19(2)16(13)7-10-20-9-6-14(11-17(19)20)15(18(20)21)12-24(3,22)23;2-1-3/h13-18,21H,4-12H2,1-3H3;/t13-,14-,15-,16+,17-,18+,19+,20-;/m0./s1. The predicted molar refractivity (Wildman–Crippen MR) is 101 cm³/mol. The van der Waals surface area contributed by atoms with Crippen molar-refractivity contribution in [3.63, 3.8) is 0 Å². The van der Waals surface area contributed by atoms with Crippen LogP contribution in [0.4, 0.5) is 0 Å². The summed E-state index contributed by atoms with van der Waals surface area (Å²) in [6.07, 6.45) is 11.0. The number of carbonyl (C=O) groups excluding carboxylic acids is 2. The number of rotatable bonds is 2. The summed E-state index contributed by atoms with van der Waals surface area (Å²) in [5.74, 6) is 2.80. The van der Waals surface area contributed by atoms with E-state index in [9.17, 15) is 13.5 Å². The van der Waals surface area contributed by atoms with Gasteiger partial charge in [-0.15, -0.1) is 0 Å². The Bertz CT molecular complexity index is 697. The van der Waals surface area contributed by atoms with E-state index in [-0.39, 0.29) is 23.2 Å². The van der Waals surface area contributed by atoms with Crippen LogP contribution in [0.3, 0.4) is 0 Å². The number of hydrogen-bond donors (Lipinski definition) is 1. The maximum Gasteiger partial charge on any atom is 0.373 e. The zero-order valence-electron chi connectivity index (χ0n) is 16.8. The lowest BCUT2D eigenvalue weighted by atomic mass is 9.37. The van der Waals surface area contributed by atoms with Crippen LogP contribution in [0.15, 0.2) is 0 Å². The van der Waals surface area contributed by atoms with Crippen molar-refractivity contribution in [2.45, 2.75) is 71.3 Å². The lowest BCUT2D eigenvalue weighted by Crippen LogP contribution is -2.65. The summed E-state index contributed by atoms with van der Waals surface area (Å²) in [4.78, 5) is 16.2. The second-order valence-electron chi connectivity index (χ2n) is 10.1. The Kier molecular flexibility index (Phi) is 5.66. The highest BCUT2D eigenvalue weighted by atomic mass is 32.2. The molecule has 1 N–H and O–H groups in total. The Labute approximate surface area is 163 Å². The van der Waals surface area contributed by atoms with Crippen molar-refractivity contribution in [2.24, 2.45) is 40.4 Å². The number of hydrogen-bond acceptors (Lipinski definition) is 5. The quantitative estimate of drug-likeness (QED) is 0.772. The largest absolute Gasteiger partial charge is 0.392 e. The minimum atomic E-state index is -3.03. The molecule has 5 nitrogen and oxygen atoms in total. The van der Waals surface area contributed by atoms with Crippen LogP contribution in [-0.4, -0.2) is 37.8 Å². The molecule has 0 saturated heterocycles. The van der Waals surface area contributed by atoms with Crippen LogP contribution >= 0.6 is 0 Å². The molecule has 5 fully saturated rings. The zero-order chi connectivity index (χ0) is 20.0. The maximum atomic E-state index is 11.9. The molecule has 0 aromatic carbocycles. The monoisotopic (exact) mass is 398 g/mol. The van der Waals surface area contributed by atoms with E-state index in [1.54, 1.807) is 0 Å². The van der Waals surface area contributed by atoms with E-state index < -0.39 is 15.9 Å². The smallest absolute Gasteiger partial charge is 0.373 e. The van der Waals surface area contributed by atoms with Gasteiger partial charge in [0.15, 0.2) is 0 Å². The van der Waals surface area contributed by atoms with Gasteiger partial charge >= 0.3 is 6.15 Å². The molecule has 154 valence electrons. The van der Waals surface area contributed by atoms with Gasteiger partial charge in [-0.3, -0.25) is 0 Å². The molecule has 5 rings (SSSR count). The van der Waals surface area contributed by atoms with Gasteiger partial charge in [-0.25, -0.2) is 8.42 Å². The second kappa shape index (κ2) is 7.27. The molecule has 0 heterocycles. The van der Waals surface area contributed by atoms with Gasteiger partial charge in [0.05, 0.1) is 11.9 Å². The van der Waals surface area contributed by atoms with Gasteiger partial charge in [0.1, 0.15) is 9.84 Å². The highest BCUT2D eigenvalue weighted by Crippen LogP contribution is 2.70.